The molecule has 1 heterocycles. The molecule has 0 aliphatic carbocycles. The van der Waals surface area contributed by atoms with Crippen molar-refractivity contribution >= 4 is 17.7 Å². The zero-order valence-electron chi connectivity index (χ0n) is 17.2. The topological polar surface area (TPSA) is 86.5 Å². The van der Waals surface area contributed by atoms with E-state index in [-0.39, 0.29) is 17.7 Å². The number of nitrogens with zero attached hydrogens (tertiary/aromatic N) is 2. The number of ether oxygens (including phenoxy) is 2. The zero-order chi connectivity index (χ0) is 20.5. The van der Waals surface area contributed by atoms with Crippen LogP contribution in [0.4, 0.5) is 0 Å². The Labute approximate surface area is 170 Å². The normalized spacial score (nSPS) is 12.1. The van der Waals surface area contributed by atoms with Gasteiger partial charge in [0.2, 0.25) is 5.91 Å². The summed E-state index contributed by atoms with van der Waals surface area (Å²) in [6.07, 6.45) is 3.27. The van der Waals surface area contributed by atoms with Gasteiger partial charge in [-0.1, -0.05) is 38.5 Å². The van der Waals surface area contributed by atoms with E-state index in [4.69, 9.17) is 13.9 Å². The molecule has 1 atom stereocenters. The summed E-state index contributed by atoms with van der Waals surface area (Å²) >= 11 is 1.22. The largest absolute Gasteiger partial charge is 0.497 e. The second kappa shape index (κ2) is 10.9. The summed E-state index contributed by atoms with van der Waals surface area (Å²) in [7, 11) is 3.16. The van der Waals surface area contributed by atoms with Gasteiger partial charge in [0.05, 0.1) is 25.5 Å². The number of rotatable bonds is 11. The van der Waals surface area contributed by atoms with Gasteiger partial charge >= 0.3 is 0 Å². The molecule has 1 aromatic carbocycles. The summed E-state index contributed by atoms with van der Waals surface area (Å²) in [5.41, 5.74) is 0.672. The first-order valence-corrected chi connectivity index (χ1v) is 10.4. The molecule has 0 radical (unpaired) electrons. The van der Waals surface area contributed by atoms with Crippen LogP contribution < -0.4 is 14.8 Å². The molecule has 0 aliphatic rings. The maximum atomic E-state index is 12.1. The van der Waals surface area contributed by atoms with Crippen LogP contribution in [0.1, 0.15) is 40.0 Å². The van der Waals surface area contributed by atoms with E-state index in [1.165, 1.54) is 18.2 Å². The molecule has 1 N–H and O–H groups in total. The fourth-order valence-corrected chi connectivity index (χ4v) is 3.27. The minimum absolute atomic E-state index is 0.0381. The molecule has 8 heteroatoms. The highest BCUT2D eigenvalue weighted by molar-refractivity contribution is 7.99. The Hall–Kier alpha value is -2.22. The lowest BCUT2D eigenvalue weighted by Gasteiger charge is -2.14. The zero-order valence-corrected chi connectivity index (χ0v) is 18.0. The Bertz CT molecular complexity index is 764. The van der Waals surface area contributed by atoms with Crippen LogP contribution in [0.15, 0.2) is 27.8 Å². The molecule has 1 amide bonds. The van der Waals surface area contributed by atoms with Gasteiger partial charge in [0.15, 0.2) is 0 Å². The van der Waals surface area contributed by atoms with Gasteiger partial charge in [-0.15, -0.1) is 10.2 Å². The van der Waals surface area contributed by atoms with Crippen molar-refractivity contribution in [3.8, 4) is 23.0 Å². The van der Waals surface area contributed by atoms with Gasteiger partial charge in [0.25, 0.3) is 11.1 Å². The molecule has 0 aliphatic heterocycles. The van der Waals surface area contributed by atoms with Crippen molar-refractivity contribution in [3.05, 3.63) is 18.2 Å². The van der Waals surface area contributed by atoms with Gasteiger partial charge in [-0.2, -0.15) is 0 Å². The number of thioether (sulfide) groups is 1. The van der Waals surface area contributed by atoms with Gasteiger partial charge in [0.1, 0.15) is 11.5 Å². The van der Waals surface area contributed by atoms with E-state index in [2.05, 4.69) is 29.4 Å². The van der Waals surface area contributed by atoms with E-state index in [0.29, 0.717) is 34.1 Å². The molecule has 1 aromatic heterocycles. The standard InChI is InChI=1S/C20H29N3O4S/c1-13(2)7-6-8-14(3)21-18(24)12-28-20-23-22-19(27-20)16-10-9-15(25-4)11-17(16)26-5/h9-11,13-14H,6-8,12H2,1-5H3,(H,21,24)/t14-/m0/s1. The third-order valence-corrected chi connectivity index (χ3v) is 5.02. The Kier molecular flexibility index (Phi) is 8.63. The number of methoxy groups -OCH3 is 2. The molecule has 0 fully saturated rings. The van der Waals surface area contributed by atoms with Crippen molar-refractivity contribution in [2.24, 2.45) is 5.92 Å². The molecule has 2 rings (SSSR count). The van der Waals surface area contributed by atoms with E-state index in [1.807, 2.05) is 6.92 Å². The van der Waals surface area contributed by atoms with Crippen molar-refractivity contribution in [1.82, 2.24) is 15.5 Å². The predicted molar refractivity (Wildman–Crippen MR) is 110 cm³/mol. The average Bonchev–Trinajstić information content (AvgIpc) is 3.14. The van der Waals surface area contributed by atoms with Crippen LogP contribution in [0, 0.1) is 5.92 Å². The molecule has 0 saturated carbocycles. The molecule has 0 spiro atoms. The number of amides is 1. The molecular formula is C20H29N3O4S. The Balaban J connectivity index is 1.87. The smallest absolute Gasteiger partial charge is 0.277 e. The first-order chi connectivity index (χ1) is 13.4. The maximum absolute atomic E-state index is 12.1. The summed E-state index contributed by atoms with van der Waals surface area (Å²) < 4.78 is 16.2. The van der Waals surface area contributed by atoms with Gasteiger partial charge in [-0.25, -0.2) is 0 Å². The lowest BCUT2D eigenvalue weighted by molar-refractivity contribution is -0.119. The number of hydrogen-bond acceptors (Lipinski definition) is 7. The average molecular weight is 408 g/mol. The van der Waals surface area contributed by atoms with Crippen molar-refractivity contribution < 1.29 is 18.7 Å². The molecule has 7 nitrogen and oxygen atoms in total. The second-order valence-corrected chi connectivity index (χ2v) is 7.95. The SMILES string of the molecule is COc1ccc(-c2nnc(SCC(=O)N[C@@H](C)CCCC(C)C)o2)c(OC)c1. The maximum Gasteiger partial charge on any atom is 0.277 e. The second-order valence-electron chi connectivity index (χ2n) is 7.02. The summed E-state index contributed by atoms with van der Waals surface area (Å²) in [4.78, 5) is 12.1. The highest BCUT2D eigenvalue weighted by Crippen LogP contribution is 2.33. The monoisotopic (exact) mass is 407 g/mol. The van der Waals surface area contributed by atoms with Crippen molar-refractivity contribution in [3.63, 3.8) is 0 Å². The number of carbonyl (C=O) groups excluding carboxylic acids is 1. The van der Waals surface area contributed by atoms with Crippen LogP contribution in [0.25, 0.3) is 11.5 Å². The van der Waals surface area contributed by atoms with E-state index >= 15 is 0 Å². The van der Waals surface area contributed by atoms with Crippen LogP contribution in [0.3, 0.4) is 0 Å². The van der Waals surface area contributed by atoms with Gasteiger partial charge < -0.3 is 19.2 Å². The van der Waals surface area contributed by atoms with E-state index in [9.17, 15) is 4.79 Å². The van der Waals surface area contributed by atoms with Crippen molar-refractivity contribution in [2.75, 3.05) is 20.0 Å². The van der Waals surface area contributed by atoms with Crippen molar-refractivity contribution in [1.29, 1.82) is 0 Å². The number of nitrogens with one attached hydrogen (secondary N) is 1. The predicted octanol–water partition coefficient (Wildman–Crippen LogP) is 4.18. The molecular weight excluding hydrogens is 378 g/mol. The van der Waals surface area contributed by atoms with E-state index in [0.717, 1.165) is 12.8 Å². The van der Waals surface area contributed by atoms with E-state index in [1.54, 1.807) is 32.4 Å². The minimum atomic E-state index is -0.0381. The van der Waals surface area contributed by atoms with Gasteiger partial charge in [-0.3, -0.25) is 4.79 Å². The Morgan fingerprint density at radius 3 is 2.64 bits per heavy atom. The lowest BCUT2D eigenvalue weighted by Crippen LogP contribution is -2.33. The summed E-state index contributed by atoms with van der Waals surface area (Å²) in [5.74, 6) is 2.47. The molecule has 2 aromatic rings. The highest BCUT2D eigenvalue weighted by atomic mass is 32.2. The first kappa shape index (κ1) is 22.1. The Morgan fingerprint density at radius 2 is 1.96 bits per heavy atom. The van der Waals surface area contributed by atoms with Crippen LogP contribution >= 0.6 is 11.8 Å². The van der Waals surface area contributed by atoms with Crippen LogP contribution in [0.2, 0.25) is 0 Å². The summed E-state index contributed by atoms with van der Waals surface area (Å²) in [6, 6.07) is 5.50. The lowest BCUT2D eigenvalue weighted by atomic mass is 10.0. The fourth-order valence-electron chi connectivity index (χ4n) is 2.70. The number of carbonyl (C=O) groups is 1. The summed E-state index contributed by atoms with van der Waals surface area (Å²) in [5, 5.41) is 11.4. The molecule has 0 bridgehead atoms. The quantitative estimate of drug-likeness (QED) is 0.559. The van der Waals surface area contributed by atoms with Gasteiger partial charge in [-0.05, 0) is 31.4 Å². The Morgan fingerprint density at radius 1 is 1.18 bits per heavy atom. The van der Waals surface area contributed by atoms with Crippen LogP contribution in [-0.4, -0.2) is 42.1 Å². The van der Waals surface area contributed by atoms with Crippen LogP contribution in [0.5, 0.6) is 11.5 Å². The van der Waals surface area contributed by atoms with Gasteiger partial charge in [0, 0.05) is 12.1 Å². The summed E-state index contributed by atoms with van der Waals surface area (Å²) in [6.45, 7) is 6.45. The molecule has 0 unspecified atom stereocenters. The minimum Gasteiger partial charge on any atom is -0.497 e. The number of aromatic nitrogens is 2. The fraction of sp³-hybridized carbons (Fsp3) is 0.550. The molecule has 28 heavy (non-hydrogen) atoms. The van der Waals surface area contributed by atoms with E-state index < -0.39 is 0 Å². The van der Waals surface area contributed by atoms with Crippen LogP contribution in [-0.2, 0) is 4.79 Å². The third kappa shape index (κ3) is 6.74. The number of benzene rings is 1. The first-order valence-electron chi connectivity index (χ1n) is 9.41. The highest BCUT2D eigenvalue weighted by Gasteiger charge is 2.16. The number of hydrogen-bond donors (Lipinski definition) is 1. The van der Waals surface area contributed by atoms with Crippen molar-refractivity contribution in [2.45, 2.75) is 51.3 Å². The molecule has 154 valence electrons. The molecule has 0 saturated heterocycles. The third-order valence-electron chi connectivity index (χ3n) is 4.20.